The van der Waals surface area contributed by atoms with Gasteiger partial charge in [-0.2, -0.15) is 0 Å². The van der Waals surface area contributed by atoms with Gasteiger partial charge in [0.15, 0.2) is 0 Å². The van der Waals surface area contributed by atoms with Gasteiger partial charge >= 0.3 is 13.8 Å². The third-order valence-electron chi connectivity index (χ3n) is 2.48. The van der Waals surface area contributed by atoms with Crippen LogP contribution in [0.2, 0.25) is 0 Å². The summed E-state index contributed by atoms with van der Waals surface area (Å²) in [5, 5.41) is 0. The monoisotopic (exact) mass is 334 g/mol. The highest BCUT2D eigenvalue weighted by atomic mass is 31.2. The summed E-state index contributed by atoms with van der Waals surface area (Å²) in [5.41, 5.74) is 1.34. The van der Waals surface area contributed by atoms with Gasteiger partial charge in [0.25, 0.3) is 0 Å². The zero-order valence-corrected chi connectivity index (χ0v) is 15.2. The van der Waals surface area contributed by atoms with Gasteiger partial charge in [-0.25, -0.2) is 9.36 Å². The highest BCUT2D eigenvalue weighted by molar-refractivity contribution is 7.48. The van der Waals surface area contributed by atoms with Gasteiger partial charge in [-0.3, -0.25) is 9.05 Å². The van der Waals surface area contributed by atoms with Crippen LogP contribution in [-0.4, -0.2) is 25.8 Å². The molecular formula is C15H27O6P. The first kappa shape index (κ1) is 20.9. The van der Waals surface area contributed by atoms with Crippen LogP contribution in [0.5, 0.6) is 0 Å². The standard InChI is InChI=1S/C15H27O6P/c1-7-18-15(16)14(11-10-12(4)5)13(6)21-22(17,19-8-2)20-9-3/h10H,7-9,11H2,1-6H3/b14-13-. The van der Waals surface area contributed by atoms with Gasteiger partial charge < -0.3 is 9.26 Å². The molecule has 0 aliphatic rings. The SMILES string of the molecule is CCOC(=O)/C(CC=C(C)C)=C(/C)OP(=O)(OCC)OCC. The molecule has 0 aliphatic heterocycles. The molecule has 0 fully saturated rings. The first-order valence-corrected chi connectivity index (χ1v) is 8.84. The molecule has 0 heterocycles. The predicted molar refractivity (Wildman–Crippen MR) is 85.3 cm³/mol. The van der Waals surface area contributed by atoms with Gasteiger partial charge in [-0.15, -0.1) is 0 Å². The van der Waals surface area contributed by atoms with Gasteiger partial charge in [0.2, 0.25) is 0 Å². The molecule has 0 amide bonds. The van der Waals surface area contributed by atoms with E-state index in [1.165, 1.54) is 0 Å². The summed E-state index contributed by atoms with van der Waals surface area (Å²) in [7, 11) is -3.72. The van der Waals surface area contributed by atoms with Crippen molar-refractivity contribution in [3.05, 3.63) is 23.0 Å². The summed E-state index contributed by atoms with van der Waals surface area (Å²) >= 11 is 0. The smallest absolute Gasteiger partial charge is 0.463 e. The topological polar surface area (TPSA) is 71.1 Å². The predicted octanol–water partition coefficient (Wildman–Crippen LogP) is 4.38. The molecule has 0 rings (SSSR count). The van der Waals surface area contributed by atoms with Crippen molar-refractivity contribution in [1.29, 1.82) is 0 Å². The van der Waals surface area contributed by atoms with E-state index in [9.17, 15) is 9.36 Å². The number of carbonyl (C=O) groups excluding carboxylic acids is 1. The average Bonchev–Trinajstić information content (AvgIpc) is 2.38. The van der Waals surface area contributed by atoms with Gasteiger partial charge in [0, 0.05) is 6.42 Å². The molecule has 0 bridgehead atoms. The lowest BCUT2D eigenvalue weighted by molar-refractivity contribution is -0.138. The van der Waals surface area contributed by atoms with Gasteiger partial charge in [-0.1, -0.05) is 11.6 Å². The Kier molecular flexibility index (Phi) is 10.1. The Morgan fingerprint density at radius 3 is 1.95 bits per heavy atom. The number of ether oxygens (including phenoxy) is 1. The second kappa shape index (κ2) is 10.6. The minimum Gasteiger partial charge on any atom is -0.463 e. The molecule has 0 aromatic heterocycles. The summed E-state index contributed by atoms with van der Waals surface area (Å²) in [6, 6.07) is 0. The largest absolute Gasteiger partial charge is 0.529 e. The number of rotatable bonds is 10. The van der Waals surface area contributed by atoms with Crippen molar-refractivity contribution in [2.45, 2.75) is 48.0 Å². The van der Waals surface area contributed by atoms with Crippen LogP contribution < -0.4 is 0 Å². The van der Waals surface area contributed by atoms with Crippen LogP contribution >= 0.6 is 7.82 Å². The van der Waals surface area contributed by atoms with Crippen molar-refractivity contribution < 1.29 is 27.7 Å². The van der Waals surface area contributed by atoms with Crippen LogP contribution in [0.15, 0.2) is 23.0 Å². The molecule has 0 atom stereocenters. The van der Waals surface area contributed by atoms with Crippen LogP contribution in [0.4, 0.5) is 0 Å². The molecule has 7 heteroatoms. The highest BCUT2D eigenvalue weighted by Crippen LogP contribution is 2.51. The van der Waals surface area contributed by atoms with Crippen LogP contribution in [0.25, 0.3) is 0 Å². The molecular weight excluding hydrogens is 307 g/mol. The van der Waals surface area contributed by atoms with E-state index < -0.39 is 13.8 Å². The summed E-state index contributed by atoms with van der Waals surface area (Å²) in [5.74, 6) is -0.321. The summed E-state index contributed by atoms with van der Waals surface area (Å²) in [4.78, 5) is 12.0. The second-order valence-corrected chi connectivity index (χ2v) is 6.21. The first-order valence-electron chi connectivity index (χ1n) is 7.38. The number of esters is 1. The first-order chi connectivity index (χ1) is 10.3. The minimum atomic E-state index is -3.72. The van der Waals surface area contributed by atoms with Crippen molar-refractivity contribution in [3.63, 3.8) is 0 Å². The number of carbonyl (C=O) groups is 1. The normalized spacial score (nSPS) is 12.5. The molecule has 128 valence electrons. The molecule has 0 radical (unpaired) electrons. The van der Waals surface area contributed by atoms with Crippen molar-refractivity contribution in [2.75, 3.05) is 19.8 Å². The number of hydrogen-bond acceptors (Lipinski definition) is 6. The Morgan fingerprint density at radius 2 is 1.55 bits per heavy atom. The quantitative estimate of drug-likeness (QED) is 0.194. The molecule has 0 saturated carbocycles. The Morgan fingerprint density at radius 1 is 1.00 bits per heavy atom. The zero-order chi connectivity index (χ0) is 17.2. The fourth-order valence-electron chi connectivity index (χ4n) is 1.52. The van der Waals surface area contributed by atoms with Crippen molar-refractivity contribution in [2.24, 2.45) is 0 Å². The van der Waals surface area contributed by atoms with E-state index in [2.05, 4.69) is 0 Å². The van der Waals surface area contributed by atoms with Gasteiger partial charge in [-0.05, 0) is 41.5 Å². The van der Waals surface area contributed by atoms with Crippen LogP contribution in [0.3, 0.4) is 0 Å². The Hall–Kier alpha value is -1.10. The maximum Gasteiger partial charge on any atom is 0.529 e. The zero-order valence-electron chi connectivity index (χ0n) is 14.3. The van der Waals surface area contributed by atoms with Gasteiger partial charge in [0.05, 0.1) is 25.4 Å². The van der Waals surface area contributed by atoms with Crippen molar-refractivity contribution >= 4 is 13.8 Å². The lowest BCUT2D eigenvalue weighted by Gasteiger charge is -2.19. The Bertz CT molecular complexity index is 453. The van der Waals surface area contributed by atoms with Crippen molar-refractivity contribution in [3.8, 4) is 0 Å². The molecule has 0 saturated heterocycles. The maximum absolute atomic E-state index is 12.4. The van der Waals surface area contributed by atoms with Crippen LogP contribution in [0, 0.1) is 0 Å². The van der Waals surface area contributed by atoms with E-state index >= 15 is 0 Å². The summed E-state index contributed by atoms with van der Waals surface area (Å²) in [6.45, 7) is 11.1. The van der Waals surface area contributed by atoms with Crippen molar-refractivity contribution in [1.82, 2.24) is 0 Å². The highest BCUT2D eigenvalue weighted by Gasteiger charge is 2.29. The molecule has 0 spiro atoms. The number of allylic oxidation sites excluding steroid dienone is 3. The third-order valence-corrected chi connectivity index (χ3v) is 4.13. The summed E-state index contributed by atoms with van der Waals surface area (Å²) in [6.07, 6.45) is 2.19. The molecule has 0 aromatic rings. The van der Waals surface area contributed by atoms with Crippen LogP contribution in [0.1, 0.15) is 48.0 Å². The number of phosphoric acid groups is 1. The van der Waals surface area contributed by atoms with E-state index in [0.717, 1.165) is 5.57 Å². The minimum absolute atomic E-state index is 0.174. The van der Waals surface area contributed by atoms with Gasteiger partial charge in [0.1, 0.15) is 5.76 Å². The van der Waals surface area contributed by atoms with E-state index in [-0.39, 0.29) is 25.6 Å². The van der Waals surface area contributed by atoms with E-state index in [0.29, 0.717) is 12.0 Å². The number of hydrogen-bond donors (Lipinski definition) is 0. The fourth-order valence-corrected chi connectivity index (χ4v) is 2.78. The molecule has 0 unspecified atom stereocenters. The summed E-state index contributed by atoms with van der Waals surface area (Å²) < 4.78 is 32.9. The lowest BCUT2D eigenvalue weighted by Crippen LogP contribution is -2.11. The molecule has 0 aliphatic carbocycles. The molecule has 0 aromatic carbocycles. The third kappa shape index (κ3) is 7.78. The molecule has 22 heavy (non-hydrogen) atoms. The maximum atomic E-state index is 12.4. The molecule has 6 nitrogen and oxygen atoms in total. The molecule has 0 N–H and O–H groups in total. The Balaban J connectivity index is 5.42. The fraction of sp³-hybridized carbons (Fsp3) is 0.667. The van der Waals surface area contributed by atoms with E-state index in [1.807, 2.05) is 19.9 Å². The van der Waals surface area contributed by atoms with E-state index in [4.69, 9.17) is 18.3 Å². The van der Waals surface area contributed by atoms with E-state index in [1.54, 1.807) is 27.7 Å². The Labute approximate surface area is 133 Å². The lowest BCUT2D eigenvalue weighted by atomic mass is 10.1. The van der Waals surface area contributed by atoms with Crippen LogP contribution in [-0.2, 0) is 27.7 Å². The second-order valence-electron chi connectivity index (χ2n) is 4.61. The number of phosphoric ester groups is 1. The average molecular weight is 334 g/mol.